The van der Waals surface area contributed by atoms with Crippen molar-refractivity contribution in [2.45, 2.75) is 84.1 Å². The summed E-state index contributed by atoms with van der Waals surface area (Å²) >= 11 is 1.76. The van der Waals surface area contributed by atoms with E-state index in [1.807, 2.05) is 30.3 Å². The molecular weight excluding hydrogens is 526 g/mol. The van der Waals surface area contributed by atoms with E-state index in [4.69, 9.17) is 0 Å². The third-order valence-electron chi connectivity index (χ3n) is 9.02. The van der Waals surface area contributed by atoms with E-state index in [1.54, 1.807) is 11.8 Å². The van der Waals surface area contributed by atoms with Crippen molar-refractivity contribution >= 4 is 29.7 Å². The minimum Gasteiger partial charge on any atom is -0.352 e. The van der Waals surface area contributed by atoms with Gasteiger partial charge in [0.05, 0.1) is 4.91 Å². The number of hydrogen-bond donors (Lipinski definition) is 1. The van der Waals surface area contributed by atoms with Crippen molar-refractivity contribution in [2.24, 2.45) is 11.8 Å². The van der Waals surface area contributed by atoms with E-state index in [1.165, 1.54) is 49.0 Å². The van der Waals surface area contributed by atoms with Gasteiger partial charge >= 0.3 is 0 Å². The Morgan fingerprint density at radius 1 is 1.02 bits per heavy atom. The molecule has 2 saturated heterocycles. The maximum absolute atomic E-state index is 13.8. The highest BCUT2D eigenvalue weighted by Crippen LogP contribution is 2.43. The number of nitrogens with one attached hydrogen (secondary N) is 1. The van der Waals surface area contributed by atoms with Crippen molar-refractivity contribution < 1.29 is 9.59 Å². The Labute approximate surface area is 251 Å². The Hall–Kier alpha value is -2.57. The van der Waals surface area contributed by atoms with E-state index in [9.17, 15) is 9.59 Å². The van der Waals surface area contributed by atoms with Gasteiger partial charge in [0.1, 0.15) is 0 Å². The summed E-state index contributed by atoms with van der Waals surface area (Å²) in [6, 6.07) is 14.5. The molecule has 1 N–H and O–H groups in total. The number of carbonyl (C=O) groups is 2. The van der Waals surface area contributed by atoms with Crippen LogP contribution in [0.15, 0.2) is 47.4 Å². The summed E-state index contributed by atoms with van der Waals surface area (Å²) in [4.78, 5) is 32.1. The van der Waals surface area contributed by atoms with Gasteiger partial charge < -0.3 is 15.1 Å². The van der Waals surface area contributed by atoms with Crippen LogP contribution in [0, 0.1) is 25.7 Å². The van der Waals surface area contributed by atoms with Crippen molar-refractivity contribution in [1.82, 2.24) is 15.1 Å². The Bertz CT molecular complexity index is 1250. The average molecular weight is 574 g/mol. The van der Waals surface area contributed by atoms with Gasteiger partial charge in [-0.15, -0.1) is 11.8 Å². The van der Waals surface area contributed by atoms with Crippen LogP contribution < -0.4 is 5.32 Å². The maximum atomic E-state index is 13.8. The zero-order valence-corrected chi connectivity index (χ0v) is 26.1. The van der Waals surface area contributed by atoms with Crippen LogP contribution in [-0.2, 0) is 11.3 Å². The number of fused-ring (bicyclic) bond motifs is 1. The lowest BCUT2D eigenvalue weighted by atomic mass is 9.92. The van der Waals surface area contributed by atoms with Gasteiger partial charge in [0.15, 0.2) is 0 Å². The fourth-order valence-electron chi connectivity index (χ4n) is 6.98. The fraction of sp³-hybridized carbons (Fsp3) is 0.543. The first-order valence-electron chi connectivity index (χ1n) is 15.6. The van der Waals surface area contributed by atoms with E-state index in [0.29, 0.717) is 29.9 Å². The van der Waals surface area contributed by atoms with Crippen molar-refractivity contribution in [3.05, 3.63) is 75.2 Å². The number of rotatable bonds is 8. The van der Waals surface area contributed by atoms with E-state index in [0.717, 1.165) is 48.1 Å². The van der Waals surface area contributed by atoms with Crippen LogP contribution in [0.3, 0.4) is 0 Å². The number of hydrogen-bond acceptors (Lipinski definition) is 4. The fourth-order valence-corrected chi connectivity index (χ4v) is 8.45. The number of nitrogens with zero attached hydrogens (tertiary/aromatic N) is 2. The number of likely N-dealkylation sites (tertiary alicyclic amines) is 1. The molecule has 220 valence electrons. The van der Waals surface area contributed by atoms with Crippen molar-refractivity contribution in [1.29, 1.82) is 0 Å². The summed E-state index contributed by atoms with van der Waals surface area (Å²) in [6.45, 7) is 13.7. The van der Waals surface area contributed by atoms with Gasteiger partial charge in [0, 0.05) is 43.0 Å². The number of thioether (sulfide) groups is 1. The van der Waals surface area contributed by atoms with Crippen LogP contribution in [0.2, 0.25) is 0 Å². The van der Waals surface area contributed by atoms with Crippen LogP contribution in [0.25, 0.3) is 6.08 Å². The molecule has 3 fully saturated rings. The molecule has 1 saturated carbocycles. The van der Waals surface area contributed by atoms with Gasteiger partial charge in [0.2, 0.25) is 0 Å². The monoisotopic (exact) mass is 573 g/mol. The van der Waals surface area contributed by atoms with Gasteiger partial charge in [-0.1, -0.05) is 62.6 Å². The SMILES string of the molecule is Cc1ccc(C)c(CN2C(=O)/C(=C/c3ccc(C(=O)NCCCN4CC(C)CC(C)C4)cc3)SC3CCCCC32)c1. The smallest absolute Gasteiger partial charge is 0.260 e. The van der Waals surface area contributed by atoms with Gasteiger partial charge in [-0.05, 0) is 92.8 Å². The van der Waals surface area contributed by atoms with Gasteiger partial charge in [-0.25, -0.2) is 0 Å². The summed E-state index contributed by atoms with van der Waals surface area (Å²) in [5.41, 5.74) is 5.34. The van der Waals surface area contributed by atoms with E-state index < -0.39 is 0 Å². The number of benzene rings is 2. The summed E-state index contributed by atoms with van der Waals surface area (Å²) in [5.74, 6) is 1.62. The second kappa shape index (κ2) is 13.6. The van der Waals surface area contributed by atoms with Crippen molar-refractivity contribution in [3.8, 4) is 0 Å². The van der Waals surface area contributed by atoms with Gasteiger partial charge in [-0.3, -0.25) is 9.59 Å². The number of amides is 2. The number of piperidine rings is 1. The Kier molecular flexibility index (Phi) is 9.92. The Morgan fingerprint density at radius 2 is 1.76 bits per heavy atom. The molecule has 2 amide bonds. The highest BCUT2D eigenvalue weighted by Gasteiger charge is 2.40. The van der Waals surface area contributed by atoms with Crippen LogP contribution in [0.4, 0.5) is 0 Å². The largest absolute Gasteiger partial charge is 0.352 e. The summed E-state index contributed by atoms with van der Waals surface area (Å²) in [7, 11) is 0. The second-order valence-corrected chi connectivity index (χ2v) is 14.1. The minimum atomic E-state index is -0.0301. The maximum Gasteiger partial charge on any atom is 0.260 e. The molecule has 0 radical (unpaired) electrons. The van der Waals surface area contributed by atoms with Crippen LogP contribution in [-0.4, -0.2) is 59.1 Å². The number of carbonyl (C=O) groups excluding carboxylic acids is 2. The van der Waals surface area contributed by atoms with Crippen LogP contribution >= 0.6 is 11.8 Å². The van der Waals surface area contributed by atoms with Gasteiger partial charge in [-0.2, -0.15) is 0 Å². The molecule has 5 nitrogen and oxygen atoms in total. The molecular formula is C35H47N3O2S. The predicted octanol–water partition coefficient (Wildman–Crippen LogP) is 6.83. The third kappa shape index (κ3) is 7.64. The molecule has 3 aliphatic rings. The normalized spacial score (nSPS) is 26.2. The topological polar surface area (TPSA) is 52.7 Å². The Balaban J connectivity index is 1.20. The van der Waals surface area contributed by atoms with E-state index in [2.05, 4.69) is 61.0 Å². The number of aryl methyl sites for hydroxylation is 2. The predicted molar refractivity (Wildman–Crippen MR) is 171 cm³/mol. The molecule has 2 aliphatic heterocycles. The lowest BCUT2D eigenvalue weighted by Gasteiger charge is -2.44. The summed E-state index contributed by atoms with van der Waals surface area (Å²) < 4.78 is 0. The van der Waals surface area contributed by atoms with Crippen molar-refractivity contribution in [3.63, 3.8) is 0 Å². The zero-order chi connectivity index (χ0) is 28.9. The molecule has 5 rings (SSSR count). The molecule has 0 aromatic heterocycles. The first kappa shape index (κ1) is 29.9. The van der Waals surface area contributed by atoms with Crippen LogP contribution in [0.5, 0.6) is 0 Å². The Morgan fingerprint density at radius 3 is 2.51 bits per heavy atom. The van der Waals surface area contributed by atoms with Gasteiger partial charge in [0.25, 0.3) is 11.8 Å². The van der Waals surface area contributed by atoms with Crippen molar-refractivity contribution in [2.75, 3.05) is 26.2 Å². The first-order valence-corrected chi connectivity index (χ1v) is 16.5. The lowest BCUT2D eigenvalue weighted by Crippen LogP contribution is -2.50. The molecule has 2 aromatic carbocycles. The molecule has 0 bridgehead atoms. The van der Waals surface area contributed by atoms with E-state index >= 15 is 0 Å². The second-order valence-electron chi connectivity index (χ2n) is 12.8. The molecule has 41 heavy (non-hydrogen) atoms. The third-order valence-corrected chi connectivity index (χ3v) is 10.4. The highest BCUT2D eigenvalue weighted by molar-refractivity contribution is 8.04. The highest BCUT2D eigenvalue weighted by atomic mass is 32.2. The minimum absolute atomic E-state index is 0.0301. The first-order chi connectivity index (χ1) is 19.8. The standard InChI is InChI=1S/C35H47N3O2S/c1-24-10-11-27(4)30(19-24)23-38-31-8-5-6-9-32(31)41-33(35(38)40)20-28-12-14-29(15-13-28)34(39)36-16-7-17-37-21-25(2)18-26(3)22-37/h10-15,19-20,25-26,31-32H,5-9,16-18,21-23H2,1-4H3,(H,36,39)/b33-20-. The summed E-state index contributed by atoms with van der Waals surface area (Å²) in [5, 5.41) is 3.54. The summed E-state index contributed by atoms with van der Waals surface area (Å²) in [6.07, 6.45) is 8.97. The van der Waals surface area contributed by atoms with Crippen LogP contribution in [0.1, 0.15) is 85.0 Å². The molecule has 4 atom stereocenters. The molecule has 2 heterocycles. The average Bonchev–Trinajstić information content (AvgIpc) is 2.95. The van der Waals surface area contributed by atoms with E-state index in [-0.39, 0.29) is 11.8 Å². The molecule has 6 heteroatoms. The molecule has 0 spiro atoms. The molecule has 1 aliphatic carbocycles. The quantitative estimate of drug-likeness (QED) is 0.278. The zero-order valence-electron chi connectivity index (χ0n) is 25.3. The molecule has 4 unspecified atom stereocenters. The molecule has 2 aromatic rings. The lowest BCUT2D eigenvalue weighted by molar-refractivity contribution is -0.130.